The van der Waals surface area contributed by atoms with Gasteiger partial charge in [-0.25, -0.2) is 0 Å². The van der Waals surface area contributed by atoms with Gasteiger partial charge in [0.15, 0.2) is 13.9 Å². The van der Waals surface area contributed by atoms with Crippen molar-refractivity contribution in [3.63, 3.8) is 0 Å². The predicted octanol–water partition coefficient (Wildman–Crippen LogP) is 5.58. The molecule has 43 heavy (non-hydrogen) atoms. The number of aliphatic hydroxyl groups is 1. The lowest BCUT2D eigenvalue weighted by molar-refractivity contribution is -0.151. The molecule has 0 aliphatic carbocycles. The fraction of sp³-hybridized carbons (Fsp3) is 0.394. The third-order valence-electron chi connectivity index (χ3n) is 9.46. The number of fused-ring (bicyclic) bond motifs is 3. The first-order valence-corrected chi connectivity index (χ1v) is 19.9. The normalized spacial score (nSPS) is 26.6. The summed E-state index contributed by atoms with van der Waals surface area (Å²) in [6, 6.07) is 21.8. The minimum Gasteiger partial charge on any atom is -0.432 e. The van der Waals surface area contributed by atoms with Crippen LogP contribution in [-0.4, -0.2) is 53.7 Å². The van der Waals surface area contributed by atoms with Gasteiger partial charge in [-0.05, 0) is 112 Å². The van der Waals surface area contributed by atoms with Gasteiger partial charge in [-0.3, -0.25) is 9.59 Å². The lowest BCUT2D eigenvalue weighted by Gasteiger charge is -2.37. The third kappa shape index (κ3) is 5.49. The zero-order valence-corrected chi connectivity index (χ0v) is 29.8. The number of hydrogen-bond acceptors (Lipinski definition) is 5. The van der Waals surface area contributed by atoms with Crippen molar-refractivity contribution in [2.75, 3.05) is 11.5 Å². The first-order valence-electron chi connectivity index (χ1n) is 14.7. The van der Waals surface area contributed by atoms with E-state index in [-0.39, 0.29) is 42.3 Å². The van der Waals surface area contributed by atoms with Gasteiger partial charge < -0.3 is 24.4 Å². The number of aliphatic hydroxyl groups excluding tert-OH is 1. The molecule has 3 heterocycles. The Morgan fingerprint density at radius 2 is 1.72 bits per heavy atom. The lowest BCUT2D eigenvalue weighted by atomic mass is 9.82. The number of halogens is 2. The second kappa shape index (κ2) is 11.8. The summed E-state index contributed by atoms with van der Waals surface area (Å²) in [6.07, 6.45) is -0.0134. The van der Waals surface area contributed by atoms with E-state index in [0.717, 1.165) is 35.1 Å². The molecule has 2 N–H and O–H groups in total. The second-order valence-corrected chi connectivity index (χ2v) is 19.0. The summed E-state index contributed by atoms with van der Waals surface area (Å²) in [6.45, 7) is 6.44. The monoisotopic (exact) mass is 822 g/mol. The Balaban J connectivity index is 1.35. The Kier molecular flexibility index (Phi) is 8.57. The molecule has 2 amide bonds. The number of carbonyl (C=O) groups is 2. The maximum absolute atomic E-state index is 14.6. The van der Waals surface area contributed by atoms with Crippen LogP contribution in [0.5, 0.6) is 0 Å². The highest BCUT2D eigenvalue weighted by molar-refractivity contribution is 14.1. The highest BCUT2D eigenvalue weighted by Gasteiger charge is 2.66. The summed E-state index contributed by atoms with van der Waals surface area (Å²) in [5.74, 6) is -0.622. The Bertz CT molecular complexity index is 1560. The first kappa shape index (κ1) is 31.2. The molecule has 0 saturated carbocycles. The van der Waals surface area contributed by atoms with E-state index in [1.165, 1.54) is 0 Å². The number of ether oxygens (including phenoxy) is 1. The number of hydrogen-bond donors (Lipinski definition) is 2. The van der Waals surface area contributed by atoms with Crippen LogP contribution in [0.25, 0.3) is 0 Å². The Morgan fingerprint density at radius 1 is 1.05 bits per heavy atom. The highest BCUT2D eigenvalue weighted by atomic mass is 127. The SMILES string of the molecule is C[C@H]1[C@H]([Si](C)(C)O)[C@@H](CC(=O)N2Cc3ccccc3C[C@H]2CO)O[C@]12C(=O)N(Cc1ccc(I)cc1)c1ccc(I)cc12. The summed E-state index contributed by atoms with van der Waals surface area (Å²) >= 11 is 4.53. The van der Waals surface area contributed by atoms with Crippen molar-refractivity contribution in [2.24, 2.45) is 5.92 Å². The first-order chi connectivity index (χ1) is 20.4. The van der Waals surface area contributed by atoms with Crippen LogP contribution in [0.3, 0.4) is 0 Å². The molecule has 0 bridgehead atoms. The van der Waals surface area contributed by atoms with E-state index >= 15 is 0 Å². The highest BCUT2D eigenvalue weighted by Crippen LogP contribution is 2.60. The van der Waals surface area contributed by atoms with E-state index in [9.17, 15) is 19.5 Å². The quantitative estimate of drug-likeness (QED) is 0.251. The van der Waals surface area contributed by atoms with Gasteiger partial charge in [-0.2, -0.15) is 0 Å². The van der Waals surface area contributed by atoms with Crippen LogP contribution in [-0.2, 0) is 39.4 Å². The van der Waals surface area contributed by atoms with Gasteiger partial charge in [-0.1, -0.05) is 43.3 Å². The lowest BCUT2D eigenvalue weighted by Crippen LogP contribution is -2.48. The summed E-state index contributed by atoms with van der Waals surface area (Å²) in [7, 11) is -2.93. The van der Waals surface area contributed by atoms with Crippen molar-refractivity contribution in [1.29, 1.82) is 0 Å². The summed E-state index contributed by atoms with van der Waals surface area (Å²) in [4.78, 5) is 43.8. The fourth-order valence-electron chi connectivity index (χ4n) is 7.51. The van der Waals surface area contributed by atoms with Crippen LogP contribution in [0, 0.1) is 13.1 Å². The minimum absolute atomic E-state index is 0.0378. The molecule has 10 heteroatoms. The van der Waals surface area contributed by atoms with Crippen molar-refractivity contribution in [3.05, 3.63) is 96.1 Å². The molecule has 0 radical (unpaired) electrons. The summed E-state index contributed by atoms with van der Waals surface area (Å²) < 4.78 is 9.03. The molecule has 0 unspecified atom stereocenters. The largest absolute Gasteiger partial charge is 0.432 e. The van der Waals surface area contributed by atoms with Gasteiger partial charge in [0.25, 0.3) is 5.91 Å². The number of rotatable bonds is 6. The number of anilines is 1. The van der Waals surface area contributed by atoms with Crippen LogP contribution in [0.2, 0.25) is 18.6 Å². The molecule has 226 valence electrons. The maximum Gasteiger partial charge on any atom is 0.264 e. The van der Waals surface area contributed by atoms with E-state index < -0.39 is 20.0 Å². The van der Waals surface area contributed by atoms with E-state index in [1.54, 1.807) is 9.80 Å². The van der Waals surface area contributed by atoms with Crippen molar-refractivity contribution in [1.82, 2.24) is 4.90 Å². The summed E-state index contributed by atoms with van der Waals surface area (Å²) in [5.41, 5.74) is 3.20. The molecule has 0 aromatic heterocycles. The third-order valence-corrected chi connectivity index (χ3v) is 13.4. The van der Waals surface area contributed by atoms with Crippen molar-refractivity contribution in [3.8, 4) is 0 Å². The molecule has 3 aliphatic rings. The topological polar surface area (TPSA) is 90.3 Å². The zero-order chi connectivity index (χ0) is 30.7. The molecular formula is C33H36I2N2O5Si. The van der Waals surface area contributed by atoms with E-state index in [0.29, 0.717) is 19.5 Å². The molecular weight excluding hydrogens is 786 g/mol. The average molecular weight is 823 g/mol. The van der Waals surface area contributed by atoms with Crippen molar-refractivity contribution < 1.29 is 24.2 Å². The van der Waals surface area contributed by atoms with Gasteiger partial charge in [0.2, 0.25) is 5.91 Å². The molecule has 3 aliphatic heterocycles. The van der Waals surface area contributed by atoms with Crippen LogP contribution in [0.15, 0.2) is 66.7 Å². The van der Waals surface area contributed by atoms with E-state index in [2.05, 4.69) is 45.2 Å². The van der Waals surface area contributed by atoms with Gasteiger partial charge >= 0.3 is 0 Å². The molecule has 3 aromatic carbocycles. The molecule has 1 spiro atoms. The standard InChI is InChI=1S/C33H36I2N2O5Si/c1-20-31(43(2,3)41)29(16-30(39)36-18-23-7-5-4-6-22(23)14-26(36)19-38)42-33(20)27-15-25(35)12-13-28(27)37(32(33)40)17-21-8-10-24(34)11-9-21/h4-13,15,20,26,29,31,38,41H,14,16-19H2,1-3H3/t20-,26-,29+,31-,33+/m0/s1. The molecule has 7 nitrogen and oxygen atoms in total. The molecule has 1 fully saturated rings. The molecule has 5 atom stereocenters. The van der Waals surface area contributed by atoms with Gasteiger partial charge in [0, 0.05) is 30.7 Å². The van der Waals surface area contributed by atoms with Crippen LogP contribution < -0.4 is 4.90 Å². The second-order valence-electron chi connectivity index (χ2n) is 12.6. The predicted molar refractivity (Wildman–Crippen MR) is 185 cm³/mol. The van der Waals surface area contributed by atoms with Crippen molar-refractivity contribution >= 4 is 71.0 Å². The molecule has 1 saturated heterocycles. The number of benzene rings is 3. The van der Waals surface area contributed by atoms with Crippen LogP contribution >= 0.6 is 45.2 Å². The minimum atomic E-state index is -2.93. The average Bonchev–Trinajstić information content (AvgIpc) is 3.39. The van der Waals surface area contributed by atoms with Gasteiger partial charge in [0.05, 0.1) is 37.4 Å². The maximum atomic E-state index is 14.6. The molecule has 6 rings (SSSR count). The number of amides is 2. The fourth-order valence-corrected chi connectivity index (χ4v) is 10.9. The van der Waals surface area contributed by atoms with E-state index in [4.69, 9.17) is 4.74 Å². The van der Waals surface area contributed by atoms with Gasteiger partial charge in [-0.15, -0.1) is 0 Å². The Morgan fingerprint density at radius 3 is 2.40 bits per heavy atom. The number of nitrogens with zero attached hydrogens (tertiary/aromatic N) is 2. The zero-order valence-electron chi connectivity index (χ0n) is 24.5. The van der Waals surface area contributed by atoms with E-state index in [1.807, 2.05) is 86.7 Å². The van der Waals surface area contributed by atoms with Crippen LogP contribution in [0.1, 0.15) is 35.6 Å². The van der Waals surface area contributed by atoms with Crippen LogP contribution in [0.4, 0.5) is 5.69 Å². The smallest absolute Gasteiger partial charge is 0.264 e. The Labute approximate surface area is 281 Å². The Hall–Kier alpha value is -1.84. The number of carbonyl (C=O) groups excluding carboxylic acids is 2. The summed E-state index contributed by atoms with van der Waals surface area (Å²) in [5, 5.41) is 10.2. The van der Waals surface area contributed by atoms with Gasteiger partial charge in [0.1, 0.15) is 0 Å². The van der Waals surface area contributed by atoms with Crippen molar-refractivity contribution in [2.45, 2.75) is 69.2 Å². The molecule has 3 aromatic rings.